The van der Waals surface area contributed by atoms with E-state index in [0.717, 1.165) is 0 Å². The molecule has 2 nitrogen and oxygen atoms in total. The summed E-state index contributed by atoms with van der Waals surface area (Å²) in [4.78, 5) is 4.38. The molecule has 0 saturated heterocycles. The zero-order valence-corrected chi connectivity index (χ0v) is 27.6. The zero-order chi connectivity index (χ0) is 31.0. The van der Waals surface area contributed by atoms with Gasteiger partial charge in [-0.3, -0.25) is 0 Å². The Balaban J connectivity index is 1.81. The Morgan fingerprint density at radius 2 is 0.953 bits per heavy atom. The van der Waals surface area contributed by atoms with Crippen molar-refractivity contribution in [2.45, 2.75) is 41.5 Å². The van der Waals surface area contributed by atoms with Crippen molar-refractivity contribution in [3.8, 4) is 22.3 Å². The predicted octanol–water partition coefficient (Wildman–Crippen LogP) is 7.52. The first-order valence-electron chi connectivity index (χ1n) is 15.3. The fourth-order valence-electron chi connectivity index (χ4n) is 7.02. The lowest BCUT2D eigenvalue weighted by Crippen LogP contribution is -2.56. The van der Waals surface area contributed by atoms with Crippen LogP contribution in [0.4, 0.5) is 11.4 Å². The highest BCUT2D eigenvalue weighted by atomic mass is 15.1. The summed E-state index contributed by atoms with van der Waals surface area (Å²) in [6, 6.07) is 34.3. The van der Waals surface area contributed by atoms with Crippen molar-refractivity contribution in [2.75, 3.05) is 38.0 Å². The largest absolute Gasteiger partial charge is 0.378 e. The second-order valence-electron chi connectivity index (χ2n) is 12.7. The fraction of sp³-hybridized carbons (Fsp3) is 0.250. The van der Waals surface area contributed by atoms with Crippen LogP contribution in [0.1, 0.15) is 33.4 Å². The maximum absolute atomic E-state index is 2.39. The molecular weight excluding hydrogens is 519 g/mol. The Labute approximate surface area is 260 Å². The monoisotopic (exact) mass is 564 g/mol. The molecule has 0 atom stereocenters. The molecule has 0 aliphatic rings. The van der Waals surface area contributed by atoms with Crippen molar-refractivity contribution in [3.63, 3.8) is 0 Å². The van der Waals surface area contributed by atoms with Crippen LogP contribution in [0.25, 0.3) is 22.3 Å². The highest BCUT2D eigenvalue weighted by Gasteiger charge is 2.31. The summed E-state index contributed by atoms with van der Waals surface area (Å²) in [5.74, 6) is 0. The molecule has 218 valence electrons. The van der Waals surface area contributed by atoms with Crippen molar-refractivity contribution in [3.05, 3.63) is 124 Å². The van der Waals surface area contributed by atoms with Crippen molar-refractivity contribution in [1.82, 2.24) is 0 Å². The average Bonchev–Trinajstić information content (AvgIpc) is 2.95. The summed E-state index contributed by atoms with van der Waals surface area (Å²) in [5.41, 5.74) is 19.6. The third-order valence-electron chi connectivity index (χ3n) is 8.81. The minimum Gasteiger partial charge on any atom is -0.378 e. The van der Waals surface area contributed by atoms with Gasteiger partial charge >= 0.3 is 0 Å². The normalized spacial score (nSPS) is 11.0. The van der Waals surface area contributed by atoms with Gasteiger partial charge in [0.15, 0.2) is 0 Å². The zero-order valence-electron chi connectivity index (χ0n) is 27.6. The van der Waals surface area contributed by atoms with E-state index in [9.17, 15) is 0 Å². The number of benzene rings is 5. The number of nitrogens with zero attached hydrogens (tertiary/aromatic N) is 2. The highest BCUT2D eigenvalue weighted by molar-refractivity contribution is 6.97. The Morgan fingerprint density at radius 1 is 0.465 bits per heavy atom. The van der Waals surface area contributed by atoms with Gasteiger partial charge < -0.3 is 9.80 Å². The molecule has 0 aromatic heterocycles. The minimum atomic E-state index is 0.107. The van der Waals surface area contributed by atoms with Crippen LogP contribution in [-0.2, 0) is 0 Å². The second-order valence-corrected chi connectivity index (χ2v) is 12.7. The molecule has 0 amide bonds. The van der Waals surface area contributed by atoms with Gasteiger partial charge in [-0.1, -0.05) is 116 Å². The second kappa shape index (κ2) is 12.2. The molecule has 43 heavy (non-hydrogen) atoms. The molecular formula is C40H45BN2. The molecule has 0 N–H and O–H groups in total. The first kappa shape index (κ1) is 30.2. The molecule has 0 radical (unpaired) electrons. The van der Waals surface area contributed by atoms with Crippen LogP contribution in [0.3, 0.4) is 0 Å². The minimum absolute atomic E-state index is 0.107. The highest BCUT2D eigenvalue weighted by Crippen LogP contribution is 2.34. The van der Waals surface area contributed by atoms with E-state index in [0.29, 0.717) is 0 Å². The van der Waals surface area contributed by atoms with E-state index < -0.39 is 0 Å². The molecule has 0 spiro atoms. The third-order valence-corrected chi connectivity index (χ3v) is 8.81. The Kier molecular flexibility index (Phi) is 8.56. The lowest BCUT2D eigenvalue weighted by Gasteiger charge is -2.28. The van der Waals surface area contributed by atoms with Crippen molar-refractivity contribution in [1.29, 1.82) is 0 Å². The number of hydrogen-bond acceptors (Lipinski definition) is 2. The van der Waals surface area contributed by atoms with Crippen molar-refractivity contribution < 1.29 is 0 Å². The summed E-state index contributed by atoms with van der Waals surface area (Å²) in [6.07, 6.45) is 0. The SMILES string of the molecule is Cc1cc(C)c(B(c2ccccc2-c2cc(-c3ccc(N(C)C)cc3)ccc2N(C)C)c2c(C)cc(C)cc2C)c(C)c1. The van der Waals surface area contributed by atoms with Gasteiger partial charge in [-0.15, -0.1) is 0 Å². The Hall–Kier alpha value is -4.24. The standard InChI is InChI=1S/C40H45BN2/c1-26-21-28(3)39(29(4)22-26)41(40-30(5)23-27(2)24-31(40)6)37-14-12-11-13-35(37)36-25-33(17-20-38(36)43(9)10)32-15-18-34(19-16-32)42(7)8/h11-25H,1-10H3. The molecule has 0 saturated carbocycles. The maximum Gasteiger partial charge on any atom is 0.243 e. The molecule has 0 aliphatic heterocycles. The lowest BCUT2D eigenvalue weighted by molar-refractivity contribution is 1.13. The summed E-state index contributed by atoms with van der Waals surface area (Å²) in [5, 5.41) is 0. The molecule has 0 fully saturated rings. The molecule has 0 unspecified atom stereocenters. The molecule has 0 bridgehead atoms. The van der Waals surface area contributed by atoms with Crippen LogP contribution in [0.15, 0.2) is 91.0 Å². The third kappa shape index (κ3) is 6.00. The van der Waals surface area contributed by atoms with Gasteiger partial charge in [0, 0.05) is 45.1 Å². The van der Waals surface area contributed by atoms with Crippen LogP contribution in [0.5, 0.6) is 0 Å². The van der Waals surface area contributed by atoms with Crippen LogP contribution >= 0.6 is 0 Å². The van der Waals surface area contributed by atoms with Crippen molar-refractivity contribution >= 4 is 34.5 Å². The van der Waals surface area contributed by atoms with E-state index in [4.69, 9.17) is 0 Å². The lowest BCUT2D eigenvalue weighted by atomic mass is 9.33. The summed E-state index contributed by atoms with van der Waals surface area (Å²) in [7, 11) is 8.46. The van der Waals surface area contributed by atoms with Crippen molar-refractivity contribution in [2.24, 2.45) is 0 Å². The molecule has 5 rings (SSSR count). The van der Waals surface area contributed by atoms with E-state index in [1.807, 2.05) is 0 Å². The summed E-state index contributed by atoms with van der Waals surface area (Å²) in [6.45, 7) is 13.7. The van der Waals surface area contributed by atoms with E-state index >= 15 is 0 Å². The number of hydrogen-bond donors (Lipinski definition) is 0. The van der Waals surface area contributed by atoms with Crippen LogP contribution in [0.2, 0.25) is 0 Å². The van der Waals surface area contributed by atoms with Crippen LogP contribution < -0.4 is 26.2 Å². The number of rotatable bonds is 7. The predicted molar refractivity (Wildman–Crippen MR) is 192 cm³/mol. The average molecular weight is 565 g/mol. The smallest absolute Gasteiger partial charge is 0.243 e. The fourth-order valence-corrected chi connectivity index (χ4v) is 7.02. The molecule has 5 aromatic carbocycles. The van der Waals surface area contributed by atoms with Gasteiger partial charge in [0.05, 0.1) is 0 Å². The molecule has 3 heteroatoms. The Morgan fingerprint density at radius 3 is 1.44 bits per heavy atom. The maximum atomic E-state index is 2.39. The first-order valence-corrected chi connectivity index (χ1v) is 15.3. The van der Waals surface area contributed by atoms with Crippen LogP contribution in [-0.4, -0.2) is 34.9 Å². The van der Waals surface area contributed by atoms with Gasteiger partial charge in [-0.2, -0.15) is 0 Å². The number of anilines is 2. The van der Waals surface area contributed by atoms with Gasteiger partial charge in [-0.05, 0) is 82.5 Å². The van der Waals surface area contributed by atoms with E-state index in [-0.39, 0.29) is 6.71 Å². The first-order chi connectivity index (χ1) is 20.5. The van der Waals surface area contributed by atoms with Gasteiger partial charge in [0.1, 0.15) is 0 Å². The van der Waals surface area contributed by atoms with E-state index in [2.05, 4.69) is 171 Å². The topological polar surface area (TPSA) is 6.48 Å². The summed E-state index contributed by atoms with van der Waals surface area (Å²) < 4.78 is 0. The Bertz CT molecular complexity index is 1680. The summed E-state index contributed by atoms with van der Waals surface area (Å²) >= 11 is 0. The molecule has 5 aromatic rings. The van der Waals surface area contributed by atoms with Crippen LogP contribution in [0, 0.1) is 41.5 Å². The number of aryl methyl sites for hydroxylation is 6. The van der Waals surface area contributed by atoms with E-state index in [1.54, 1.807) is 0 Å². The van der Waals surface area contributed by atoms with Gasteiger partial charge in [-0.25, -0.2) is 0 Å². The molecule has 0 aliphatic carbocycles. The molecule has 0 heterocycles. The van der Waals surface area contributed by atoms with Gasteiger partial charge in [0.2, 0.25) is 6.71 Å². The quantitative estimate of drug-likeness (QED) is 0.189. The van der Waals surface area contributed by atoms with E-state index in [1.165, 1.54) is 83.4 Å². The van der Waals surface area contributed by atoms with Gasteiger partial charge in [0.25, 0.3) is 0 Å².